The number of esters is 1. The summed E-state index contributed by atoms with van der Waals surface area (Å²) in [5, 5.41) is 10.5. The molecule has 16 heterocycles. The van der Waals surface area contributed by atoms with E-state index in [9.17, 15) is 9.90 Å². The zero-order chi connectivity index (χ0) is 50.2. The number of carbonyl (C=O) groups excluding carboxylic acids is 1. The molecule has 16 fully saturated rings. The summed E-state index contributed by atoms with van der Waals surface area (Å²) in [6.45, 7) is 18.3. The molecule has 3 spiro atoms. The van der Waals surface area contributed by atoms with E-state index in [0.717, 1.165) is 56.1 Å². The summed E-state index contributed by atoms with van der Waals surface area (Å²) < 4.78 is 103. The van der Waals surface area contributed by atoms with Crippen molar-refractivity contribution in [1.29, 1.82) is 0 Å². The number of ether oxygens (including phenoxy) is 15. The Kier molecular flexibility index (Phi) is 12.1. The first-order chi connectivity index (χ1) is 35.6. The number of rotatable bonds is 0. The lowest BCUT2D eigenvalue weighted by molar-refractivity contribution is -0.366. The van der Waals surface area contributed by atoms with Crippen LogP contribution in [0.15, 0.2) is 24.3 Å². The SMILES string of the molecule is C=C1C[C@@H]2CC[C@@]34C[C@H]5OC6C(O3)[C@H]3O[C@H](CC[C@@H]3O[C@H]6C5O4)CC(=O)O[C@@H]3[C@@H](C)[C@@H]4O[C@@H]5C[C@]6(C[C@@H]7O[C@]8(C[C@H](C)[C@@H]9OC[C@H](O)C[C@@H]9O8)C[C@H](C)[C@@H]7O6)O[C@@H]5C[C@@H]4O[C@H]3C[C@H]3O[C@@H](CC[C@@H]1O2)C[C@@H](C)C3=C. The summed E-state index contributed by atoms with van der Waals surface area (Å²) in [5.41, 5.74) is 2.17. The summed E-state index contributed by atoms with van der Waals surface area (Å²) in [6, 6.07) is 0. The monoisotopic (exact) mass is 1040 g/mol. The van der Waals surface area contributed by atoms with Crippen LogP contribution in [0, 0.1) is 23.7 Å². The Morgan fingerprint density at radius 1 is 0.473 bits per heavy atom. The van der Waals surface area contributed by atoms with Gasteiger partial charge in [0.15, 0.2) is 17.4 Å². The van der Waals surface area contributed by atoms with Crippen molar-refractivity contribution in [3.63, 3.8) is 0 Å². The molecule has 12 bridgehead atoms. The molecule has 17 heteroatoms. The van der Waals surface area contributed by atoms with Gasteiger partial charge in [0.1, 0.15) is 36.6 Å². The highest BCUT2D eigenvalue weighted by Gasteiger charge is 2.70. The van der Waals surface area contributed by atoms with Gasteiger partial charge in [-0.25, -0.2) is 0 Å². The number of fused-ring (bicyclic) bond motifs is 10. The highest BCUT2D eigenvalue weighted by atomic mass is 16.8. The first-order valence-electron chi connectivity index (χ1n) is 29.1. The molecule has 0 saturated carbocycles. The predicted molar refractivity (Wildman–Crippen MR) is 257 cm³/mol. The topological polar surface area (TPSA) is 176 Å². The van der Waals surface area contributed by atoms with Crippen LogP contribution < -0.4 is 0 Å². The van der Waals surface area contributed by atoms with Gasteiger partial charge in [-0.15, -0.1) is 0 Å². The fourth-order valence-corrected chi connectivity index (χ4v) is 17.5. The lowest BCUT2D eigenvalue weighted by Crippen LogP contribution is -2.62. The summed E-state index contributed by atoms with van der Waals surface area (Å²) in [4.78, 5) is 14.5. The third-order valence-corrected chi connectivity index (χ3v) is 21.0. The highest BCUT2D eigenvalue weighted by molar-refractivity contribution is 5.70. The molecule has 16 aliphatic heterocycles. The van der Waals surface area contributed by atoms with E-state index in [4.69, 9.17) is 71.1 Å². The molecule has 0 amide bonds. The van der Waals surface area contributed by atoms with E-state index in [1.54, 1.807) is 0 Å². The van der Waals surface area contributed by atoms with Crippen molar-refractivity contribution in [2.45, 2.75) is 295 Å². The Labute approximate surface area is 434 Å². The molecule has 16 saturated heterocycles. The number of hydrogen-bond donors (Lipinski definition) is 1. The Morgan fingerprint density at radius 2 is 1.15 bits per heavy atom. The van der Waals surface area contributed by atoms with E-state index >= 15 is 0 Å². The van der Waals surface area contributed by atoms with Crippen molar-refractivity contribution < 1.29 is 81.0 Å². The molecule has 410 valence electrons. The Morgan fingerprint density at radius 3 is 2.03 bits per heavy atom. The first kappa shape index (κ1) is 49.4. The van der Waals surface area contributed by atoms with Crippen LogP contribution in [-0.2, 0) is 75.8 Å². The second kappa shape index (κ2) is 18.2. The quantitative estimate of drug-likeness (QED) is 0.227. The van der Waals surface area contributed by atoms with Gasteiger partial charge in [-0.1, -0.05) is 40.9 Å². The molecule has 0 aromatic carbocycles. The summed E-state index contributed by atoms with van der Waals surface area (Å²) in [6.07, 6.45) is 5.16. The smallest absolute Gasteiger partial charge is 0.308 e. The molecule has 0 aromatic rings. The third kappa shape index (κ3) is 8.26. The van der Waals surface area contributed by atoms with Gasteiger partial charge in [-0.05, 0) is 73.8 Å². The second-order valence-corrected chi connectivity index (χ2v) is 26.2. The normalized spacial score (nSPS) is 59.5. The molecule has 16 rings (SSSR count). The van der Waals surface area contributed by atoms with Crippen molar-refractivity contribution in [1.82, 2.24) is 0 Å². The molecule has 3 unspecified atom stereocenters. The van der Waals surface area contributed by atoms with Crippen molar-refractivity contribution in [3.8, 4) is 0 Å². The van der Waals surface area contributed by atoms with Crippen LogP contribution in [-0.4, -0.2) is 175 Å². The van der Waals surface area contributed by atoms with E-state index in [2.05, 4.69) is 40.9 Å². The highest BCUT2D eigenvalue weighted by Crippen LogP contribution is 2.57. The maximum Gasteiger partial charge on any atom is 0.308 e. The summed E-state index contributed by atoms with van der Waals surface area (Å²) in [7, 11) is 0. The van der Waals surface area contributed by atoms with Crippen LogP contribution in [0.25, 0.3) is 0 Å². The van der Waals surface area contributed by atoms with Crippen molar-refractivity contribution in [2.24, 2.45) is 23.7 Å². The molecular weight excluding hydrogens is 957 g/mol. The molecule has 1 N–H and O–H groups in total. The Balaban J connectivity index is 0.676. The minimum absolute atomic E-state index is 0.00310. The van der Waals surface area contributed by atoms with Crippen LogP contribution in [0.1, 0.15) is 137 Å². The Bertz CT molecular complexity index is 2210. The predicted octanol–water partition coefficient (Wildman–Crippen LogP) is 5.81. The maximum absolute atomic E-state index is 14.5. The minimum Gasteiger partial charge on any atom is -0.459 e. The van der Waals surface area contributed by atoms with Gasteiger partial charge < -0.3 is 76.2 Å². The second-order valence-electron chi connectivity index (χ2n) is 26.2. The van der Waals surface area contributed by atoms with Crippen LogP contribution in [0.5, 0.6) is 0 Å². The molecule has 16 aliphatic rings. The molecule has 0 aromatic heterocycles. The zero-order valence-electron chi connectivity index (χ0n) is 43.7. The van der Waals surface area contributed by atoms with Gasteiger partial charge in [0, 0.05) is 63.7 Å². The number of hydrogen-bond acceptors (Lipinski definition) is 17. The lowest BCUT2D eigenvalue weighted by atomic mass is 9.79. The third-order valence-electron chi connectivity index (χ3n) is 21.0. The summed E-state index contributed by atoms with van der Waals surface area (Å²) in [5.74, 6) is -2.39. The van der Waals surface area contributed by atoms with Gasteiger partial charge in [0.25, 0.3) is 0 Å². The fourth-order valence-electron chi connectivity index (χ4n) is 17.5. The standard InChI is InChI=1S/C57H80O17/c1-25-13-32-7-9-35-26(2)14-34(61-35)11-12-55-22-43-51(73-55)52-53(67-43)54(74-55)50-36(65-52)10-8-33(63-50)16-45(59)68-49-30(6)48-40(64-39(49)17-37(62-32)29(25)5)18-38-42(66-48)21-57(69-38)23-44-47(72-57)28(4)20-56(71-44)19-27(3)46-41(70-56)15-31(58)24-60-46/h25,27-28,30-44,46-54,58H,2,5,7-24H2,1,3-4,6H3/t25-,27+,28+,30+,31-,32+,33-,34+,35+,36+,37-,38-,39+,40+,41+,42-,43-,44+,46+,47+,48+,49-,50+,51?,52+,53?,54?,55+,56-,57+/m1/s1. The van der Waals surface area contributed by atoms with Gasteiger partial charge >= 0.3 is 5.97 Å². The van der Waals surface area contributed by atoms with Crippen molar-refractivity contribution >= 4 is 5.97 Å². The van der Waals surface area contributed by atoms with E-state index in [1.165, 1.54) is 0 Å². The molecule has 74 heavy (non-hydrogen) atoms. The number of aliphatic hydroxyl groups is 1. The largest absolute Gasteiger partial charge is 0.459 e. The molecular formula is C57H80O17. The van der Waals surface area contributed by atoms with E-state index in [1.807, 2.05) is 0 Å². The summed E-state index contributed by atoms with van der Waals surface area (Å²) >= 11 is 0. The average molecular weight is 1040 g/mol. The van der Waals surface area contributed by atoms with Crippen LogP contribution in [0.4, 0.5) is 0 Å². The molecule has 0 radical (unpaired) electrons. The first-order valence-corrected chi connectivity index (χ1v) is 29.1. The van der Waals surface area contributed by atoms with Gasteiger partial charge in [0.05, 0.1) is 117 Å². The van der Waals surface area contributed by atoms with E-state index < -0.39 is 47.9 Å². The van der Waals surface area contributed by atoms with Crippen LogP contribution in [0.2, 0.25) is 0 Å². The van der Waals surface area contributed by atoms with Gasteiger partial charge in [0.2, 0.25) is 0 Å². The number of carbonyl (C=O) groups is 1. The zero-order valence-corrected chi connectivity index (χ0v) is 43.7. The Hall–Kier alpha value is -1.65. The number of aliphatic hydroxyl groups excluding tert-OH is 1. The maximum atomic E-state index is 14.5. The van der Waals surface area contributed by atoms with Crippen molar-refractivity contribution in [2.75, 3.05) is 6.61 Å². The fraction of sp³-hybridized carbons (Fsp3) is 0.912. The van der Waals surface area contributed by atoms with E-state index in [0.29, 0.717) is 64.4 Å². The molecule has 17 nitrogen and oxygen atoms in total. The van der Waals surface area contributed by atoms with Crippen molar-refractivity contribution in [3.05, 3.63) is 24.3 Å². The molecule has 30 atom stereocenters. The lowest BCUT2D eigenvalue weighted by Gasteiger charge is -2.53. The minimum atomic E-state index is -0.878. The average Bonchev–Trinajstić information content (AvgIpc) is 4.14. The van der Waals surface area contributed by atoms with Crippen LogP contribution in [0.3, 0.4) is 0 Å². The van der Waals surface area contributed by atoms with Gasteiger partial charge in [-0.2, -0.15) is 0 Å². The molecule has 0 aliphatic carbocycles. The van der Waals surface area contributed by atoms with E-state index in [-0.39, 0.29) is 146 Å². The van der Waals surface area contributed by atoms with Gasteiger partial charge in [-0.3, -0.25) is 4.79 Å². The van der Waals surface area contributed by atoms with Crippen LogP contribution >= 0.6 is 0 Å².